The zero-order chi connectivity index (χ0) is 15.0. The van der Waals surface area contributed by atoms with E-state index in [0.717, 1.165) is 6.07 Å². The van der Waals surface area contributed by atoms with E-state index in [1.165, 1.54) is 6.07 Å². The molecule has 1 aliphatic rings. The third-order valence-corrected chi connectivity index (χ3v) is 3.01. The molecule has 0 aliphatic carbocycles. The molecule has 0 bridgehead atoms. The Kier molecular flexibility index (Phi) is 3.88. The van der Waals surface area contributed by atoms with Gasteiger partial charge >= 0.3 is 6.18 Å². The van der Waals surface area contributed by atoms with Crippen LogP contribution in [0.5, 0.6) is 0 Å². The van der Waals surface area contributed by atoms with Crippen molar-refractivity contribution < 1.29 is 17.9 Å². The largest absolute Gasteiger partial charge is 0.435 e. The molecule has 0 spiro atoms. The molecule has 0 saturated carbocycles. The Morgan fingerprint density at radius 2 is 2.10 bits per heavy atom. The van der Waals surface area contributed by atoms with Crippen molar-refractivity contribution in [1.82, 2.24) is 10.2 Å². The molecule has 2 heterocycles. The number of rotatable bonds is 2. The summed E-state index contributed by atoms with van der Waals surface area (Å²) < 4.78 is 43.1. The Morgan fingerprint density at radius 3 is 2.60 bits per heavy atom. The number of aromatic nitrogens is 2. The SMILES string of the molecule is CC1(C)CN(c2ccc(C(F)(F)F)nn2)CC(CN)O1. The molecule has 0 aromatic carbocycles. The van der Waals surface area contributed by atoms with Crippen LogP contribution >= 0.6 is 0 Å². The van der Waals surface area contributed by atoms with Gasteiger partial charge in [-0.05, 0) is 26.0 Å². The Hall–Kier alpha value is -1.41. The van der Waals surface area contributed by atoms with Crippen molar-refractivity contribution in [2.24, 2.45) is 5.73 Å². The van der Waals surface area contributed by atoms with Crippen LogP contribution in [0.3, 0.4) is 0 Å². The Labute approximate surface area is 114 Å². The van der Waals surface area contributed by atoms with E-state index in [1.807, 2.05) is 18.7 Å². The highest BCUT2D eigenvalue weighted by atomic mass is 19.4. The van der Waals surface area contributed by atoms with Crippen LogP contribution in [0.2, 0.25) is 0 Å². The summed E-state index contributed by atoms with van der Waals surface area (Å²) in [5, 5.41) is 6.90. The first kappa shape index (κ1) is 15.0. The predicted octanol–water partition coefficient (Wildman–Crippen LogP) is 1.44. The molecule has 8 heteroatoms. The zero-order valence-electron chi connectivity index (χ0n) is 11.3. The molecule has 1 aliphatic heterocycles. The number of anilines is 1. The third kappa shape index (κ3) is 3.37. The van der Waals surface area contributed by atoms with Gasteiger partial charge in [0.15, 0.2) is 11.5 Å². The van der Waals surface area contributed by atoms with Crippen LogP contribution in [0.25, 0.3) is 0 Å². The van der Waals surface area contributed by atoms with Gasteiger partial charge in [-0.2, -0.15) is 13.2 Å². The molecule has 112 valence electrons. The van der Waals surface area contributed by atoms with E-state index in [2.05, 4.69) is 10.2 Å². The second kappa shape index (κ2) is 5.17. The van der Waals surface area contributed by atoms with Crippen LogP contribution < -0.4 is 10.6 Å². The van der Waals surface area contributed by atoms with Crippen molar-refractivity contribution in [3.05, 3.63) is 17.8 Å². The number of nitrogens with zero attached hydrogens (tertiary/aromatic N) is 3. The molecule has 1 unspecified atom stereocenters. The smallest absolute Gasteiger partial charge is 0.367 e. The summed E-state index contributed by atoms with van der Waals surface area (Å²) >= 11 is 0. The van der Waals surface area contributed by atoms with Crippen LogP contribution in [0.1, 0.15) is 19.5 Å². The van der Waals surface area contributed by atoms with Crippen molar-refractivity contribution in [1.29, 1.82) is 0 Å². The van der Waals surface area contributed by atoms with Crippen molar-refractivity contribution >= 4 is 5.82 Å². The maximum atomic E-state index is 12.4. The van der Waals surface area contributed by atoms with Crippen molar-refractivity contribution in [2.75, 3.05) is 24.5 Å². The van der Waals surface area contributed by atoms with Crippen LogP contribution in [0.4, 0.5) is 19.0 Å². The van der Waals surface area contributed by atoms with Crippen LogP contribution in [-0.2, 0) is 10.9 Å². The highest BCUT2D eigenvalue weighted by Crippen LogP contribution is 2.29. The van der Waals surface area contributed by atoms with Gasteiger partial charge in [0.1, 0.15) is 0 Å². The molecule has 1 aromatic rings. The number of hydrogen-bond acceptors (Lipinski definition) is 5. The van der Waals surface area contributed by atoms with Crippen molar-refractivity contribution in [3.63, 3.8) is 0 Å². The van der Waals surface area contributed by atoms with E-state index < -0.39 is 17.5 Å². The average molecular weight is 290 g/mol. The lowest BCUT2D eigenvalue weighted by molar-refractivity contribution is -0.141. The summed E-state index contributed by atoms with van der Waals surface area (Å²) in [5.41, 5.74) is 4.18. The standard InChI is InChI=1S/C12H17F3N4O/c1-11(2)7-19(6-8(5-16)20-11)10-4-3-9(17-18-10)12(13,14)15/h3-4,8H,5-7,16H2,1-2H3. The molecule has 0 radical (unpaired) electrons. The van der Waals surface area contributed by atoms with E-state index in [-0.39, 0.29) is 6.10 Å². The molecule has 1 aromatic heterocycles. The lowest BCUT2D eigenvalue weighted by Crippen LogP contribution is -2.55. The molecule has 2 N–H and O–H groups in total. The summed E-state index contributed by atoms with van der Waals surface area (Å²) in [4.78, 5) is 1.84. The van der Waals surface area contributed by atoms with Gasteiger partial charge in [-0.3, -0.25) is 0 Å². The maximum Gasteiger partial charge on any atom is 0.435 e. The van der Waals surface area contributed by atoms with Crippen molar-refractivity contribution in [2.45, 2.75) is 31.7 Å². The zero-order valence-corrected chi connectivity index (χ0v) is 11.3. The second-order valence-corrected chi connectivity index (χ2v) is 5.39. The number of morpholine rings is 1. The van der Waals surface area contributed by atoms with Gasteiger partial charge in [0, 0.05) is 19.6 Å². The fraction of sp³-hybridized carbons (Fsp3) is 0.667. The monoisotopic (exact) mass is 290 g/mol. The van der Waals surface area contributed by atoms with Gasteiger partial charge in [-0.25, -0.2) is 0 Å². The van der Waals surface area contributed by atoms with E-state index in [1.54, 1.807) is 0 Å². The number of alkyl halides is 3. The van der Waals surface area contributed by atoms with Crippen LogP contribution in [0, 0.1) is 0 Å². The summed E-state index contributed by atoms with van der Waals surface area (Å²) in [6, 6.07) is 2.26. The van der Waals surface area contributed by atoms with Gasteiger partial charge in [0.25, 0.3) is 0 Å². The van der Waals surface area contributed by atoms with Crippen LogP contribution in [-0.4, -0.2) is 41.5 Å². The number of hydrogen-bond donors (Lipinski definition) is 1. The van der Waals surface area contributed by atoms with Gasteiger partial charge in [0.05, 0.1) is 11.7 Å². The molecule has 20 heavy (non-hydrogen) atoms. The quantitative estimate of drug-likeness (QED) is 0.893. The third-order valence-electron chi connectivity index (χ3n) is 3.01. The molecular weight excluding hydrogens is 273 g/mol. The van der Waals surface area contributed by atoms with Gasteiger partial charge < -0.3 is 15.4 Å². The van der Waals surface area contributed by atoms with E-state index in [9.17, 15) is 13.2 Å². The first-order valence-electron chi connectivity index (χ1n) is 6.25. The first-order chi connectivity index (χ1) is 9.21. The summed E-state index contributed by atoms with van der Waals surface area (Å²) in [6.07, 6.45) is -4.65. The lowest BCUT2D eigenvalue weighted by Gasteiger charge is -2.42. The number of nitrogens with two attached hydrogens (primary N) is 1. The highest BCUT2D eigenvalue weighted by molar-refractivity contribution is 5.39. The highest BCUT2D eigenvalue weighted by Gasteiger charge is 2.35. The first-order valence-corrected chi connectivity index (χ1v) is 6.25. The minimum Gasteiger partial charge on any atom is -0.367 e. The van der Waals surface area contributed by atoms with Gasteiger partial charge in [-0.1, -0.05) is 0 Å². The summed E-state index contributed by atoms with van der Waals surface area (Å²) in [7, 11) is 0. The molecular formula is C12H17F3N4O. The molecule has 1 atom stereocenters. The van der Waals surface area contributed by atoms with E-state index >= 15 is 0 Å². The molecule has 0 amide bonds. The van der Waals surface area contributed by atoms with E-state index in [4.69, 9.17) is 10.5 Å². The van der Waals surface area contributed by atoms with E-state index in [0.29, 0.717) is 25.5 Å². The average Bonchev–Trinajstić information content (AvgIpc) is 2.36. The summed E-state index contributed by atoms with van der Waals surface area (Å²) in [6.45, 7) is 5.15. The minimum atomic E-state index is -4.48. The Morgan fingerprint density at radius 1 is 1.40 bits per heavy atom. The predicted molar refractivity (Wildman–Crippen MR) is 67.3 cm³/mol. The minimum absolute atomic E-state index is 0.178. The second-order valence-electron chi connectivity index (χ2n) is 5.39. The van der Waals surface area contributed by atoms with Crippen LogP contribution in [0.15, 0.2) is 12.1 Å². The Balaban J connectivity index is 2.18. The number of halogens is 3. The van der Waals surface area contributed by atoms with Gasteiger partial charge in [-0.15, -0.1) is 10.2 Å². The Bertz CT molecular complexity index is 461. The number of ether oxygens (including phenoxy) is 1. The fourth-order valence-corrected chi connectivity index (χ4v) is 2.24. The molecule has 5 nitrogen and oxygen atoms in total. The fourth-order valence-electron chi connectivity index (χ4n) is 2.24. The van der Waals surface area contributed by atoms with Crippen molar-refractivity contribution in [3.8, 4) is 0 Å². The normalized spacial score (nSPS) is 22.9. The van der Waals surface area contributed by atoms with Gasteiger partial charge in [0.2, 0.25) is 0 Å². The topological polar surface area (TPSA) is 64.3 Å². The molecule has 2 rings (SSSR count). The summed E-state index contributed by atoms with van der Waals surface area (Å²) in [5.74, 6) is 0.396. The lowest BCUT2D eigenvalue weighted by atomic mass is 10.1. The molecule has 1 saturated heterocycles. The maximum absolute atomic E-state index is 12.4. The molecule has 1 fully saturated rings.